The second-order valence-corrected chi connectivity index (χ2v) is 7.31. The van der Waals surface area contributed by atoms with Crippen LogP contribution in [0.5, 0.6) is 0 Å². The van der Waals surface area contributed by atoms with Crippen molar-refractivity contribution in [3.63, 3.8) is 0 Å². The minimum Gasteiger partial charge on any atom is -0.481 e. The molecule has 1 aromatic carbocycles. The first-order chi connectivity index (χ1) is 8.50. The first-order valence-corrected chi connectivity index (χ1v) is 6.87. The lowest BCUT2D eigenvalue weighted by Crippen LogP contribution is -2.17. The highest BCUT2D eigenvalue weighted by Gasteiger charge is 2.20. The highest BCUT2D eigenvalue weighted by molar-refractivity contribution is 5.67. The van der Waals surface area contributed by atoms with Crippen LogP contribution in [0.25, 0.3) is 0 Å². The summed E-state index contributed by atoms with van der Waals surface area (Å²) in [5, 5.41) is 8.83. The molecular formula is C17H26O2. The number of benzene rings is 1. The summed E-state index contributed by atoms with van der Waals surface area (Å²) in [4.78, 5) is 10.7. The quantitative estimate of drug-likeness (QED) is 0.882. The zero-order valence-corrected chi connectivity index (χ0v) is 13.0. The Morgan fingerprint density at radius 1 is 0.947 bits per heavy atom. The average molecular weight is 262 g/mol. The van der Waals surface area contributed by atoms with Crippen molar-refractivity contribution in [3.05, 3.63) is 34.9 Å². The smallest absolute Gasteiger partial charge is 0.303 e. The molecule has 0 aliphatic carbocycles. The molecule has 106 valence electrons. The molecule has 0 unspecified atom stereocenters. The van der Waals surface area contributed by atoms with Gasteiger partial charge in [-0.05, 0) is 33.9 Å². The van der Waals surface area contributed by atoms with Gasteiger partial charge in [-0.1, -0.05) is 59.7 Å². The number of aliphatic carboxylic acids is 1. The lowest BCUT2D eigenvalue weighted by molar-refractivity contribution is -0.136. The average Bonchev–Trinajstić information content (AvgIpc) is 2.23. The van der Waals surface area contributed by atoms with E-state index >= 15 is 0 Å². The lowest BCUT2D eigenvalue weighted by Gasteiger charge is -2.26. The minimum atomic E-state index is -0.738. The molecule has 0 heterocycles. The van der Waals surface area contributed by atoms with Crippen LogP contribution >= 0.6 is 0 Å². The van der Waals surface area contributed by atoms with Gasteiger partial charge in [-0.15, -0.1) is 0 Å². The van der Waals surface area contributed by atoms with Gasteiger partial charge < -0.3 is 5.11 Å². The maximum Gasteiger partial charge on any atom is 0.303 e. The number of hydrogen-bond acceptors (Lipinski definition) is 1. The fourth-order valence-corrected chi connectivity index (χ4v) is 1.95. The van der Waals surface area contributed by atoms with Crippen molar-refractivity contribution in [2.45, 2.75) is 65.2 Å². The second kappa shape index (κ2) is 5.36. The lowest BCUT2D eigenvalue weighted by atomic mass is 9.79. The molecule has 2 nitrogen and oxygen atoms in total. The number of hydrogen-bond donors (Lipinski definition) is 1. The molecule has 0 spiro atoms. The summed E-state index contributed by atoms with van der Waals surface area (Å²) >= 11 is 0. The molecule has 0 fully saturated rings. The summed E-state index contributed by atoms with van der Waals surface area (Å²) in [5.74, 6) is -0.738. The molecule has 0 saturated carbocycles. The first kappa shape index (κ1) is 15.7. The van der Waals surface area contributed by atoms with Crippen LogP contribution in [0.3, 0.4) is 0 Å². The van der Waals surface area contributed by atoms with Gasteiger partial charge in [0.05, 0.1) is 0 Å². The normalized spacial score (nSPS) is 12.5. The van der Waals surface area contributed by atoms with Crippen LogP contribution in [-0.4, -0.2) is 11.1 Å². The molecule has 1 aromatic rings. The van der Waals surface area contributed by atoms with Crippen molar-refractivity contribution < 1.29 is 9.90 Å². The van der Waals surface area contributed by atoms with E-state index in [0.29, 0.717) is 6.42 Å². The fourth-order valence-electron chi connectivity index (χ4n) is 1.95. The van der Waals surface area contributed by atoms with Crippen molar-refractivity contribution in [3.8, 4) is 0 Å². The van der Waals surface area contributed by atoms with E-state index in [9.17, 15) is 4.79 Å². The molecule has 0 amide bonds. The molecule has 0 bridgehead atoms. The van der Waals surface area contributed by atoms with Crippen LogP contribution in [0, 0.1) is 0 Å². The molecular weight excluding hydrogens is 236 g/mol. The van der Waals surface area contributed by atoms with E-state index in [1.807, 2.05) is 0 Å². The Balaban J connectivity index is 3.21. The number of carbonyl (C=O) groups is 1. The van der Waals surface area contributed by atoms with Crippen molar-refractivity contribution in [2.24, 2.45) is 0 Å². The molecule has 1 N–H and O–H groups in total. The summed E-state index contributed by atoms with van der Waals surface area (Å²) in [6.45, 7) is 13.1. The molecule has 0 radical (unpaired) electrons. The summed E-state index contributed by atoms with van der Waals surface area (Å²) in [6, 6.07) is 6.56. The topological polar surface area (TPSA) is 37.3 Å². The van der Waals surface area contributed by atoms with E-state index in [4.69, 9.17) is 5.11 Å². The Bertz CT molecular complexity index is 427. The fraction of sp³-hybridized carbons (Fsp3) is 0.588. The van der Waals surface area contributed by atoms with Crippen LogP contribution in [0.1, 0.15) is 64.7 Å². The first-order valence-electron chi connectivity index (χ1n) is 6.87. The molecule has 0 saturated heterocycles. The summed E-state index contributed by atoms with van der Waals surface area (Å²) in [7, 11) is 0. The van der Waals surface area contributed by atoms with Crippen molar-refractivity contribution in [1.29, 1.82) is 0 Å². The van der Waals surface area contributed by atoms with Gasteiger partial charge in [0.1, 0.15) is 0 Å². The zero-order valence-electron chi connectivity index (χ0n) is 13.0. The van der Waals surface area contributed by atoms with E-state index in [1.54, 1.807) is 0 Å². The predicted octanol–water partition coefficient (Wildman–Crippen LogP) is 4.30. The number of carboxylic acid groups (broad SMARTS) is 1. The zero-order chi connectivity index (χ0) is 14.8. The molecule has 1 rings (SSSR count). The van der Waals surface area contributed by atoms with E-state index in [0.717, 1.165) is 5.56 Å². The third kappa shape index (κ3) is 4.70. The number of carboxylic acids is 1. The monoisotopic (exact) mass is 262 g/mol. The molecule has 0 atom stereocenters. The van der Waals surface area contributed by atoms with E-state index in [-0.39, 0.29) is 17.3 Å². The number of aryl methyl sites for hydroxylation is 1. The molecule has 2 heteroatoms. The molecule has 19 heavy (non-hydrogen) atoms. The van der Waals surface area contributed by atoms with Crippen molar-refractivity contribution >= 4 is 5.97 Å². The standard InChI is InChI=1S/C17H26O2/c1-16(2,3)13-9-12(7-8-15(18)19)10-14(11-13)17(4,5)6/h9-11H,7-8H2,1-6H3,(H,18,19). The van der Waals surface area contributed by atoms with Gasteiger partial charge in [0.15, 0.2) is 0 Å². The summed E-state index contributed by atoms with van der Waals surface area (Å²) in [5.41, 5.74) is 3.85. The van der Waals surface area contributed by atoms with Crippen molar-refractivity contribution in [2.75, 3.05) is 0 Å². The van der Waals surface area contributed by atoms with Gasteiger partial charge in [0.2, 0.25) is 0 Å². The Morgan fingerprint density at radius 3 is 1.68 bits per heavy atom. The molecule has 0 aromatic heterocycles. The van der Waals surface area contributed by atoms with Crippen molar-refractivity contribution in [1.82, 2.24) is 0 Å². The summed E-state index contributed by atoms with van der Waals surface area (Å²) in [6.07, 6.45) is 0.791. The molecule has 0 aliphatic heterocycles. The second-order valence-electron chi connectivity index (χ2n) is 7.31. The van der Waals surface area contributed by atoms with E-state index in [2.05, 4.69) is 59.7 Å². The van der Waals surface area contributed by atoms with E-state index < -0.39 is 5.97 Å². The Hall–Kier alpha value is -1.31. The maximum atomic E-state index is 10.7. The van der Waals surface area contributed by atoms with Crippen LogP contribution in [-0.2, 0) is 22.0 Å². The molecule has 0 aliphatic rings. The third-order valence-electron chi connectivity index (χ3n) is 3.35. The van der Waals surface area contributed by atoms with Crippen LogP contribution in [0.15, 0.2) is 18.2 Å². The third-order valence-corrected chi connectivity index (χ3v) is 3.35. The van der Waals surface area contributed by atoms with Crippen LogP contribution in [0.2, 0.25) is 0 Å². The predicted molar refractivity (Wildman–Crippen MR) is 79.8 cm³/mol. The highest BCUT2D eigenvalue weighted by Crippen LogP contribution is 2.30. The van der Waals surface area contributed by atoms with Gasteiger partial charge in [-0.3, -0.25) is 4.79 Å². The largest absolute Gasteiger partial charge is 0.481 e. The Morgan fingerprint density at radius 2 is 1.37 bits per heavy atom. The minimum absolute atomic E-state index is 0.0826. The van der Waals surface area contributed by atoms with Gasteiger partial charge in [-0.25, -0.2) is 0 Å². The van der Waals surface area contributed by atoms with Gasteiger partial charge >= 0.3 is 5.97 Å². The van der Waals surface area contributed by atoms with E-state index in [1.165, 1.54) is 11.1 Å². The van der Waals surface area contributed by atoms with Crippen LogP contribution in [0.4, 0.5) is 0 Å². The maximum absolute atomic E-state index is 10.7. The Kier molecular flexibility index (Phi) is 4.44. The Labute approximate surface area is 116 Å². The number of rotatable bonds is 3. The van der Waals surface area contributed by atoms with Gasteiger partial charge in [0.25, 0.3) is 0 Å². The van der Waals surface area contributed by atoms with Gasteiger partial charge in [0, 0.05) is 6.42 Å². The SMILES string of the molecule is CC(C)(C)c1cc(CCC(=O)O)cc(C(C)(C)C)c1. The highest BCUT2D eigenvalue weighted by atomic mass is 16.4. The summed E-state index contributed by atoms with van der Waals surface area (Å²) < 4.78 is 0. The van der Waals surface area contributed by atoms with Crippen LogP contribution < -0.4 is 0 Å². The van der Waals surface area contributed by atoms with Gasteiger partial charge in [-0.2, -0.15) is 0 Å².